The molecule has 0 spiro atoms. The zero-order chi connectivity index (χ0) is 17.2. The molecule has 22 heavy (non-hydrogen) atoms. The maximum atomic E-state index is 12.9. The Balaban J connectivity index is 2.40. The van der Waals surface area contributed by atoms with Crippen LogP contribution in [-0.2, 0) is 4.74 Å². The summed E-state index contributed by atoms with van der Waals surface area (Å²) in [7, 11) is 0. The summed E-state index contributed by atoms with van der Waals surface area (Å²) >= 11 is 0. The van der Waals surface area contributed by atoms with Crippen molar-refractivity contribution in [3.63, 3.8) is 0 Å². The normalized spacial score (nSPS) is 24.0. The molecule has 2 N–H and O–H groups in total. The number of alkyl carbamates (subject to hydrolysis) is 1. The highest BCUT2D eigenvalue weighted by Gasteiger charge is 2.48. The smallest absolute Gasteiger partial charge is 0.407 e. The second-order valence-corrected chi connectivity index (χ2v) is 7.46. The first-order valence-corrected chi connectivity index (χ1v) is 7.64. The molecule has 1 aliphatic carbocycles. The minimum absolute atomic E-state index is 0.0399. The molecule has 0 aromatic rings. The van der Waals surface area contributed by atoms with Crippen LogP contribution in [0.3, 0.4) is 0 Å². The first-order chi connectivity index (χ1) is 9.80. The third-order valence-electron chi connectivity index (χ3n) is 3.72. The molecule has 4 nitrogen and oxygen atoms in total. The van der Waals surface area contributed by atoms with E-state index in [9.17, 15) is 18.0 Å². The predicted octanol–water partition coefficient (Wildman–Crippen LogP) is 3.75. The number of nitrogens with one attached hydrogen (secondary N) is 2. The molecule has 0 unspecified atom stereocenters. The highest BCUT2D eigenvalue weighted by atomic mass is 19.4. The molecule has 7 heteroatoms. The Kier molecular flexibility index (Phi) is 5.76. The second kappa shape index (κ2) is 6.64. The van der Waals surface area contributed by atoms with Crippen molar-refractivity contribution in [1.29, 1.82) is 0 Å². The number of hydrogen-bond acceptors (Lipinski definition) is 3. The van der Waals surface area contributed by atoms with Crippen molar-refractivity contribution in [2.24, 2.45) is 0 Å². The highest BCUT2D eigenvalue weighted by Crippen LogP contribution is 2.31. The largest absolute Gasteiger partial charge is 0.444 e. The summed E-state index contributed by atoms with van der Waals surface area (Å²) in [6, 6.07) is -0.227. The molecule has 1 saturated carbocycles. The number of ether oxygens (including phenoxy) is 1. The fourth-order valence-electron chi connectivity index (χ4n) is 2.45. The topological polar surface area (TPSA) is 50.4 Å². The van der Waals surface area contributed by atoms with E-state index in [0.29, 0.717) is 25.7 Å². The van der Waals surface area contributed by atoms with Crippen molar-refractivity contribution in [3.05, 3.63) is 0 Å². The molecule has 130 valence electrons. The van der Waals surface area contributed by atoms with Crippen molar-refractivity contribution in [2.45, 2.75) is 89.7 Å². The van der Waals surface area contributed by atoms with Gasteiger partial charge in [-0.15, -0.1) is 0 Å². The van der Waals surface area contributed by atoms with Gasteiger partial charge in [-0.05, 0) is 60.3 Å². The van der Waals surface area contributed by atoms with Gasteiger partial charge in [0.2, 0.25) is 0 Å². The molecule has 0 saturated heterocycles. The van der Waals surface area contributed by atoms with Gasteiger partial charge in [-0.1, -0.05) is 0 Å². The molecule has 1 aliphatic rings. The van der Waals surface area contributed by atoms with Gasteiger partial charge in [0.25, 0.3) is 0 Å². The van der Waals surface area contributed by atoms with Crippen LogP contribution in [0.2, 0.25) is 0 Å². The molecular formula is C15H27F3N2O2. The van der Waals surface area contributed by atoms with E-state index in [2.05, 4.69) is 10.6 Å². The van der Waals surface area contributed by atoms with E-state index in [-0.39, 0.29) is 12.1 Å². The highest BCUT2D eigenvalue weighted by molar-refractivity contribution is 5.68. The van der Waals surface area contributed by atoms with E-state index in [1.54, 1.807) is 20.8 Å². The number of halogens is 3. The van der Waals surface area contributed by atoms with Crippen LogP contribution >= 0.6 is 0 Å². The summed E-state index contributed by atoms with van der Waals surface area (Å²) < 4.78 is 43.8. The Bertz CT molecular complexity index is 381. The molecule has 0 aliphatic heterocycles. The first-order valence-electron chi connectivity index (χ1n) is 7.64. The average molecular weight is 324 g/mol. The van der Waals surface area contributed by atoms with Crippen LogP contribution in [0.1, 0.15) is 60.3 Å². The lowest BCUT2D eigenvalue weighted by molar-refractivity contribution is -0.188. The van der Waals surface area contributed by atoms with Crippen LogP contribution in [0.15, 0.2) is 0 Å². The Morgan fingerprint density at radius 1 is 0.955 bits per heavy atom. The Labute approximate surface area is 130 Å². The minimum atomic E-state index is -4.28. The van der Waals surface area contributed by atoms with E-state index in [1.165, 1.54) is 0 Å². The maximum absolute atomic E-state index is 12.9. The molecule has 0 radical (unpaired) electrons. The Hall–Kier alpha value is -0.980. The second-order valence-electron chi connectivity index (χ2n) is 7.46. The molecule has 0 aromatic carbocycles. The van der Waals surface area contributed by atoms with Gasteiger partial charge in [0.15, 0.2) is 0 Å². The van der Waals surface area contributed by atoms with Crippen LogP contribution in [0.25, 0.3) is 0 Å². The van der Waals surface area contributed by atoms with Crippen molar-refractivity contribution in [1.82, 2.24) is 10.6 Å². The maximum Gasteiger partial charge on any atom is 0.407 e. The van der Waals surface area contributed by atoms with Crippen molar-refractivity contribution in [3.8, 4) is 0 Å². The van der Waals surface area contributed by atoms with Gasteiger partial charge in [0, 0.05) is 12.1 Å². The number of alkyl halides is 3. The van der Waals surface area contributed by atoms with Crippen molar-refractivity contribution >= 4 is 6.09 Å². The summed E-state index contributed by atoms with van der Waals surface area (Å²) in [6.07, 6.45) is -2.27. The summed E-state index contributed by atoms with van der Waals surface area (Å²) in [6.45, 7) is 7.65. The van der Waals surface area contributed by atoms with E-state index in [1.807, 2.05) is 0 Å². The Morgan fingerprint density at radius 3 is 1.82 bits per heavy atom. The molecular weight excluding hydrogens is 297 g/mol. The van der Waals surface area contributed by atoms with Crippen molar-refractivity contribution in [2.75, 3.05) is 0 Å². The molecule has 0 atom stereocenters. The average Bonchev–Trinajstić information content (AvgIpc) is 2.27. The minimum Gasteiger partial charge on any atom is -0.444 e. The first kappa shape index (κ1) is 19.1. The number of amides is 1. The summed E-state index contributed by atoms with van der Waals surface area (Å²) in [4.78, 5) is 11.7. The number of hydrogen-bond donors (Lipinski definition) is 2. The fraction of sp³-hybridized carbons (Fsp3) is 0.933. The van der Waals surface area contributed by atoms with E-state index in [0.717, 1.165) is 13.8 Å². The lowest BCUT2D eigenvalue weighted by Crippen LogP contribution is -2.57. The lowest BCUT2D eigenvalue weighted by Gasteiger charge is -2.37. The zero-order valence-electron chi connectivity index (χ0n) is 13.9. The van der Waals surface area contributed by atoms with Gasteiger partial charge in [0.05, 0.1) is 0 Å². The monoisotopic (exact) mass is 324 g/mol. The lowest BCUT2D eigenvalue weighted by atomic mass is 9.89. The standard InChI is InChI=1S/C15H27F3N2O2/c1-13(2,3)22-12(21)19-10-6-8-11(9-7-10)20-14(4,5)15(16,17)18/h10-11,20H,6-9H2,1-5H3,(H,19,21). The molecule has 1 rings (SSSR count). The molecule has 1 amide bonds. The van der Waals surface area contributed by atoms with Gasteiger partial charge < -0.3 is 15.4 Å². The fourth-order valence-corrected chi connectivity index (χ4v) is 2.45. The SMILES string of the molecule is CC(C)(C)OC(=O)NC1CCC(NC(C)(C)C(F)(F)F)CC1. The quantitative estimate of drug-likeness (QED) is 0.831. The third kappa shape index (κ3) is 6.02. The van der Waals surface area contributed by atoms with Gasteiger partial charge in [-0.3, -0.25) is 0 Å². The zero-order valence-corrected chi connectivity index (χ0v) is 13.9. The molecule has 0 bridgehead atoms. The molecule has 0 heterocycles. The van der Waals surface area contributed by atoms with Gasteiger partial charge in [-0.25, -0.2) is 4.79 Å². The van der Waals surface area contributed by atoms with E-state index in [4.69, 9.17) is 4.74 Å². The number of rotatable bonds is 3. The number of carbonyl (C=O) groups is 1. The Morgan fingerprint density at radius 2 is 1.41 bits per heavy atom. The van der Waals surface area contributed by atoms with Crippen LogP contribution in [0.5, 0.6) is 0 Å². The summed E-state index contributed by atoms with van der Waals surface area (Å²) in [5.41, 5.74) is -2.46. The van der Waals surface area contributed by atoms with Gasteiger partial charge in [-0.2, -0.15) is 13.2 Å². The van der Waals surface area contributed by atoms with Gasteiger partial charge >= 0.3 is 12.3 Å². The summed E-state index contributed by atoms with van der Waals surface area (Å²) in [5, 5.41) is 5.46. The van der Waals surface area contributed by atoms with Crippen LogP contribution in [0, 0.1) is 0 Å². The molecule has 1 fully saturated rings. The van der Waals surface area contributed by atoms with E-state index >= 15 is 0 Å². The van der Waals surface area contributed by atoms with E-state index < -0.39 is 23.4 Å². The van der Waals surface area contributed by atoms with Gasteiger partial charge in [0.1, 0.15) is 11.1 Å². The van der Waals surface area contributed by atoms with Crippen molar-refractivity contribution < 1.29 is 22.7 Å². The van der Waals surface area contributed by atoms with Crippen LogP contribution in [-0.4, -0.2) is 35.5 Å². The third-order valence-corrected chi connectivity index (χ3v) is 3.72. The summed E-state index contributed by atoms with van der Waals surface area (Å²) in [5.74, 6) is 0. The molecule has 0 aromatic heterocycles. The van der Waals surface area contributed by atoms with Crippen LogP contribution < -0.4 is 10.6 Å². The predicted molar refractivity (Wildman–Crippen MR) is 78.7 cm³/mol. The number of carbonyl (C=O) groups excluding carboxylic acids is 1. The van der Waals surface area contributed by atoms with Crippen LogP contribution in [0.4, 0.5) is 18.0 Å².